The number of hydrogen-bond donors (Lipinski definition) is 0. The molecule has 0 saturated heterocycles. The van der Waals surface area contributed by atoms with Gasteiger partial charge in [0.05, 0.1) is 11.4 Å². The van der Waals surface area contributed by atoms with E-state index in [-0.39, 0.29) is 5.41 Å². The Balaban J connectivity index is 1.16. The van der Waals surface area contributed by atoms with Gasteiger partial charge in [-0.1, -0.05) is 147 Å². The van der Waals surface area contributed by atoms with Crippen LogP contribution in [0.4, 0.5) is 0 Å². The molecule has 8 rings (SSSR count). The van der Waals surface area contributed by atoms with Crippen molar-refractivity contribution in [2.75, 3.05) is 0 Å². The molecule has 0 bridgehead atoms. The standard InChI is InChI=1S/C44H34N2/c1-29-18-19-35(42-28-41(32-12-6-4-7-13-32)45-43(46-42)33-14-8-5-9-15-33)27-37(29)31-22-20-30(21-23-31)34-24-25-40-38(26-34)36-16-10-11-17-39(36)44(40,2)3/h4-28H,1-3H3. The third kappa shape index (κ3) is 4.83. The molecule has 0 saturated carbocycles. The highest BCUT2D eigenvalue weighted by Crippen LogP contribution is 2.49. The van der Waals surface area contributed by atoms with Gasteiger partial charge in [-0.15, -0.1) is 0 Å². The second-order valence-corrected chi connectivity index (χ2v) is 12.7. The van der Waals surface area contributed by atoms with Gasteiger partial charge in [0, 0.05) is 22.1 Å². The molecule has 0 spiro atoms. The Morgan fingerprint density at radius 1 is 0.391 bits per heavy atom. The van der Waals surface area contributed by atoms with Gasteiger partial charge in [0.1, 0.15) is 0 Å². The molecule has 0 N–H and O–H groups in total. The van der Waals surface area contributed by atoms with Crippen LogP contribution in [-0.2, 0) is 5.41 Å². The summed E-state index contributed by atoms with van der Waals surface area (Å²) in [5, 5.41) is 0. The van der Waals surface area contributed by atoms with Crippen molar-refractivity contribution in [2.24, 2.45) is 0 Å². The lowest BCUT2D eigenvalue weighted by Crippen LogP contribution is -2.14. The molecule has 6 aromatic carbocycles. The Morgan fingerprint density at radius 3 is 1.67 bits per heavy atom. The molecule has 0 aliphatic heterocycles. The van der Waals surface area contributed by atoms with Crippen molar-refractivity contribution in [3.05, 3.63) is 168 Å². The molecule has 0 atom stereocenters. The van der Waals surface area contributed by atoms with E-state index < -0.39 is 0 Å². The van der Waals surface area contributed by atoms with Crippen LogP contribution in [0, 0.1) is 6.92 Å². The topological polar surface area (TPSA) is 25.8 Å². The van der Waals surface area contributed by atoms with Crippen LogP contribution in [0.2, 0.25) is 0 Å². The first-order valence-electron chi connectivity index (χ1n) is 15.9. The maximum Gasteiger partial charge on any atom is 0.160 e. The van der Waals surface area contributed by atoms with Crippen molar-refractivity contribution in [3.8, 4) is 67.3 Å². The molecule has 220 valence electrons. The Bertz CT molecular complexity index is 2150. The number of hydrogen-bond acceptors (Lipinski definition) is 2. The summed E-state index contributed by atoms with van der Waals surface area (Å²) in [5.74, 6) is 0.726. The molecule has 0 amide bonds. The van der Waals surface area contributed by atoms with Crippen molar-refractivity contribution in [1.29, 1.82) is 0 Å². The van der Waals surface area contributed by atoms with Gasteiger partial charge in [0.2, 0.25) is 0 Å². The van der Waals surface area contributed by atoms with Gasteiger partial charge in [-0.25, -0.2) is 9.97 Å². The highest BCUT2D eigenvalue weighted by Gasteiger charge is 2.35. The van der Waals surface area contributed by atoms with Crippen molar-refractivity contribution in [2.45, 2.75) is 26.2 Å². The largest absolute Gasteiger partial charge is 0.228 e. The van der Waals surface area contributed by atoms with Gasteiger partial charge in [0.15, 0.2) is 5.82 Å². The monoisotopic (exact) mass is 590 g/mol. The van der Waals surface area contributed by atoms with E-state index in [0.717, 1.165) is 33.9 Å². The Morgan fingerprint density at radius 2 is 0.935 bits per heavy atom. The van der Waals surface area contributed by atoms with Crippen LogP contribution in [-0.4, -0.2) is 9.97 Å². The van der Waals surface area contributed by atoms with Crippen LogP contribution in [0.25, 0.3) is 67.3 Å². The second-order valence-electron chi connectivity index (χ2n) is 12.7. The van der Waals surface area contributed by atoms with Gasteiger partial charge >= 0.3 is 0 Å². The first-order chi connectivity index (χ1) is 22.5. The lowest BCUT2D eigenvalue weighted by Gasteiger charge is -2.21. The van der Waals surface area contributed by atoms with Crippen LogP contribution in [0.3, 0.4) is 0 Å². The van der Waals surface area contributed by atoms with Gasteiger partial charge in [0.25, 0.3) is 0 Å². The summed E-state index contributed by atoms with van der Waals surface area (Å²) in [5.41, 5.74) is 16.6. The zero-order valence-corrected chi connectivity index (χ0v) is 26.3. The third-order valence-corrected chi connectivity index (χ3v) is 9.47. The molecule has 7 aromatic rings. The van der Waals surface area contributed by atoms with Crippen LogP contribution in [0.5, 0.6) is 0 Å². The Labute approximate surface area is 271 Å². The maximum absolute atomic E-state index is 5.06. The first-order valence-corrected chi connectivity index (χ1v) is 15.9. The highest BCUT2D eigenvalue weighted by molar-refractivity contribution is 5.85. The van der Waals surface area contributed by atoms with E-state index >= 15 is 0 Å². The molecule has 1 aliphatic rings. The summed E-state index contributed by atoms with van der Waals surface area (Å²) >= 11 is 0. The lowest BCUT2D eigenvalue weighted by molar-refractivity contribution is 0.660. The quantitative estimate of drug-likeness (QED) is 0.199. The number of aryl methyl sites for hydroxylation is 1. The summed E-state index contributed by atoms with van der Waals surface area (Å²) in [6.45, 7) is 6.83. The fraction of sp³-hybridized carbons (Fsp3) is 0.0909. The van der Waals surface area contributed by atoms with E-state index in [0.29, 0.717) is 0 Å². The highest BCUT2D eigenvalue weighted by atomic mass is 14.9. The number of benzene rings is 6. The summed E-state index contributed by atoms with van der Waals surface area (Å²) in [6, 6.07) is 54.1. The molecule has 2 nitrogen and oxygen atoms in total. The van der Waals surface area contributed by atoms with Crippen LogP contribution in [0.1, 0.15) is 30.5 Å². The predicted molar refractivity (Wildman–Crippen MR) is 192 cm³/mol. The van der Waals surface area contributed by atoms with E-state index in [4.69, 9.17) is 9.97 Å². The molecular weight excluding hydrogens is 556 g/mol. The number of nitrogens with zero attached hydrogens (tertiary/aromatic N) is 2. The van der Waals surface area contributed by atoms with Crippen LogP contribution < -0.4 is 0 Å². The van der Waals surface area contributed by atoms with E-state index in [1.807, 2.05) is 24.3 Å². The molecule has 1 aromatic heterocycles. The number of rotatable bonds is 5. The zero-order chi connectivity index (χ0) is 31.3. The third-order valence-electron chi connectivity index (χ3n) is 9.47. The number of fused-ring (bicyclic) bond motifs is 3. The average molecular weight is 591 g/mol. The van der Waals surface area contributed by atoms with Crippen molar-refractivity contribution >= 4 is 0 Å². The van der Waals surface area contributed by atoms with E-state index in [9.17, 15) is 0 Å². The molecule has 1 aliphatic carbocycles. The normalized spacial score (nSPS) is 12.8. The molecular formula is C44H34N2. The Kier molecular flexibility index (Phi) is 6.73. The molecule has 0 fully saturated rings. The molecule has 1 heterocycles. The van der Waals surface area contributed by atoms with Crippen LogP contribution in [0.15, 0.2) is 152 Å². The van der Waals surface area contributed by atoms with E-state index in [1.54, 1.807) is 0 Å². The molecule has 0 radical (unpaired) electrons. The smallest absolute Gasteiger partial charge is 0.160 e. The minimum absolute atomic E-state index is 0.0181. The Hall–Kier alpha value is -5.60. The summed E-state index contributed by atoms with van der Waals surface area (Å²) in [4.78, 5) is 10.0. The summed E-state index contributed by atoms with van der Waals surface area (Å²) < 4.78 is 0. The molecule has 46 heavy (non-hydrogen) atoms. The minimum Gasteiger partial charge on any atom is -0.228 e. The van der Waals surface area contributed by atoms with Crippen molar-refractivity contribution in [3.63, 3.8) is 0 Å². The van der Waals surface area contributed by atoms with E-state index in [2.05, 4.69) is 148 Å². The zero-order valence-electron chi connectivity index (χ0n) is 26.3. The predicted octanol–water partition coefficient (Wildman–Crippen LogP) is 11.4. The van der Waals surface area contributed by atoms with Gasteiger partial charge in [-0.3, -0.25) is 0 Å². The minimum atomic E-state index is 0.0181. The maximum atomic E-state index is 5.06. The fourth-order valence-electron chi connectivity index (χ4n) is 6.90. The SMILES string of the molecule is Cc1ccc(-c2cc(-c3ccccc3)nc(-c3ccccc3)n2)cc1-c1ccc(-c2ccc3c(c2)-c2ccccc2C3(C)C)cc1. The lowest BCUT2D eigenvalue weighted by atomic mass is 9.82. The summed E-state index contributed by atoms with van der Waals surface area (Å²) in [6.07, 6.45) is 0. The number of aromatic nitrogens is 2. The van der Waals surface area contributed by atoms with Crippen LogP contribution >= 0.6 is 0 Å². The molecule has 2 heteroatoms. The second kappa shape index (κ2) is 11.1. The summed E-state index contributed by atoms with van der Waals surface area (Å²) in [7, 11) is 0. The fourth-order valence-corrected chi connectivity index (χ4v) is 6.90. The average Bonchev–Trinajstić information content (AvgIpc) is 3.35. The van der Waals surface area contributed by atoms with Gasteiger partial charge < -0.3 is 0 Å². The van der Waals surface area contributed by atoms with E-state index in [1.165, 1.54) is 50.1 Å². The van der Waals surface area contributed by atoms with Crippen molar-refractivity contribution in [1.82, 2.24) is 9.97 Å². The molecule has 0 unspecified atom stereocenters. The van der Waals surface area contributed by atoms with Gasteiger partial charge in [-0.2, -0.15) is 0 Å². The van der Waals surface area contributed by atoms with Gasteiger partial charge in [-0.05, 0) is 75.2 Å². The van der Waals surface area contributed by atoms with Crippen molar-refractivity contribution < 1.29 is 0 Å². The first kappa shape index (κ1) is 27.9.